The summed E-state index contributed by atoms with van der Waals surface area (Å²) in [4.78, 5) is 21.2. The van der Waals surface area contributed by atoms with Crippen LogP contribution in [0.25, 0.3) is 22.2 Å². The van der Waals surface area contributed by atoms with E-state index in [1.54, 1.807) is 6.20 Å². The number of rotatable bonds is 4. The summed E-state index contributed by atoms with van der Waals surface area (Å²) in [5, 5.41) is 13.5. The molecular formula is C20H17N3O2S. The summed E-state index contributed by atoms with van der Waals surface area (Å²) in [6.07, 6.45) is 0.736. The summed E-state index contributed by atoms with van der Waals surface area (Å²) in [5.74, 6) is 0. The van der Waals surface area contributed by atoms with Crippen molar-refractivity contribution in [3.05, 3.63) is 71.2 Å². The largest absolute Gasteiger partial charge is 0.465 e. The number of H-pyrrole nitrogens is 1. The fourth-order valence-electron chi connectivity index (χ4n) is 3.06. The van der Waals surface area contributed by atoms with Gasteiger partial charge in [-0.25, -0.2) is 9.78 Å². The first-order valence-electron chi connectivity index (χ1n) is 8.24. The Hall–Kier alpha value is -3.12. The van der Waals surface area contributed by atoms with Gasteiger partial charge in [0.1, 0.15) is 5.01 Å². The molecule has 0 saturated heterocycles. The quantitative estimate of drug-likeness (QED) is 0.500. The van der Waals surface area contributed by atoms with Crippen LogP contribution in [-0.2, 0) is 0 Å². The lowest BCUT2D eigenvalue weighted by molar-refractivity contribution is 0.199. The lowest BCUT2D eigenvalue weighted by Gasteiger charge is -2.24. The number of hydrogen-bond acceptors (Lipinski definition) is 3. The van der Waals surface area contributed by atoms with E-state index in [-0.39, 0.29) is 0 Å². The van der Waals surface area contributed by atoms with E-state index < -0.39 is 12.1 Å². The molecule has 0 spiro atoms. The molecule has 1 amide bonds. The third-order valence-electron chi connectivity index (χ3n) is 4.37. The van der Waals surface area contributed by atoms with E-state index >= 15 is 0 Å². The van der Waals surface area contributed by atoms with Crippen LogP contribution in [0.3, 0.4) is 0 Å². The Morgan fingerprint density at radius 3 is 2.65 bits per heavy atom. The molecule has 1 unspecified atom stereocenters. The van der Waals surface area contributed by atoms with Gasteiger partial charge in [-0.2, -0.15) is 0 Å². The number of nitrogens with zero attached hydrogens (tertiary/aromatic N) is 2. The number of carboxylic acid groups (broad SMARTS) is 1. The highest BCUT2D eigenvalue weighted by Gasteiger charge is 2.27. The number of amides is 1. The molecule has 4 aromatic rings. The molecule has 2 N–H and O–H groups in total. The van der Waals surface area contributed by atoms with Crippen LogP contribution in [0.4, 0.5) is 10.5 Å². The second-order valence-electron chi connectivity index (χ2n) is 5.99. The summed E-state index contributed by atoms with van der Waals surface area (Å²) in [6.45, 7) is 1.86. The highest BCUT2D eigenvalue weighted by Crippen LogP contribution is 2.35. The van der Waals surface area contributed by atoms with E-state index in [9.17, 15) is 9.90 Å². The predicted molar refractivity (Wildman–Crippen MR) is 105 cm³/mol. The first-order chi connectivity index (χ1) is 12.6. The average Bonchev–Trinajstić information content (AvgIpc) is 3.30. The Balaban J connectivity index is 1.72. The van der Waals surface area contributed by atoms with Gasteiger partial charge >= 0.3 is 6.09 Å². The Morgan fingerprint density at radius 1 is 1.15 bits per heavy atom. The van der Waals surface area contributed by atoms with Crippen molar-refractivity contribution >= 4 is 34.0 Å². The molecule has 0 aliphatic heterocycles. The summed E-state index contributed by atoms with van der Waals surface area (Å²) in [6, 6.07) is 17.2. The van der Waals surface area contributed by atoms with Gasteiger partial charge < -0.3 is 10.1 Å². The van der Waals surface area contributed by atoms with Crippen molar-refractivity contribution in [1.82, 2.24) is 9.97 Å². The van der Waals surface area contributed by atoms with Gasteiger partial charge in [0.15, 0.2) is 0 Å². The van der Waals surface area contributed by atoms with Crippen LogP contribution in [0.2, 0.25) is 0 Å². The maximum Gasteiger partial charge on any atom is 0.412 e. The Kier molecular flexibility index (Phi) is 4.18. The number of aromatic nitrogens is 2. The van der Waals surface area contributed by atoms with Crippen molar-refractivity contribution in [2.75, 3.05) is 4.90 Å². The van der Waals surface area contributed by atoms with Crippen LogP contribution >= 0.6 is 11.3 Å². The number of carbonyl (C=O) groups is 1. The van der Waals surface area contributed by atoms with E-state index in [1.165, 1.54) is 16.2 Å². The van der Waals surface area contributed by atoms with E-state index in [1.807, 2.05) is 66.9 Å². The second-order valence-corrected chi connectivity index (χ2v) is 6.87. The van der Waals surface area contributed by atoms with E-state index in [4.69, 9.17) is 0 Å². The molecule has 0 fully saturated rings. The summed E-state index contributed by atoms with van der Waals surface area (Å²) in [5.41, 5.74) is 3.43. The van der Waals surface area contributed by atoms with Gasteiger partial charge in [0.2, 0.25) is 0 Å². The number of anilines is 1. The number of aromatic amines is 1. The minimum absolute atomic E-state index is 0.394. The number of fused-ring (bicyclic) bond motifs is 1. The smallest absolute Gasteiger partial charge is 0.412 e. The zero-order chi connectivity index (χ0) is 18.1. The molecule has 0 aliphatic carbocycles. The molecule has 130 valence electrons. The van der Waals surface area contributed by atoms with Crippen LogP contribution in [-0.4, -0.2) is 21.2 Å². The van der Waals surface area contributed by atoms with E-state index in [2.05, 4.69) is 9.97 Å². The topological polar surface area (TPSA) is 69.2 Å². The van der Waals surface area contributed by atoms with Crippen molar-refractivity contribution in [3.63, 3.8) is 0 Å². The fourth-order valence-corrected chi connectivity index (χ4v) is 3.94. The minimum atomic E-state index is -1.00. The first kappa shape index (κ1) is 16.4. The van der Waals surface area contributed by atoms with Crippen molar-refractivity contribution < 1.29 is 9.90 Å². The number of nitrogens with one attached hydrogen (secondary N) is 1. The molecule has 6 heteroatoms. The Bertz CT molecular complexity index is 1060. The fraction of sp³-hybridized carbons (Fsp3) is 0.100. The summed E-state index contributed by atoms with van der Waals surface area (Å²) >= 11 is 1.47. The Morgan fingerprint density at radius 2 is 1.88 bits per heavy atom. The van der Waals surface area contributed by atoms with Crippen LogP contribution < -0.4 is 4.90 Å². The normalized spacial score (nSPS) is 12.2. The lowest BCUT2D eigenvalue weighted by atomic mass is 10.2. The van der Waals surface area contributed by atoms with Crippen LogP contribution in [0.15, 0.2) is 66.2 Å². The van der Waals surface area contributed by atoms with Gasteiger partial charge in [0, 0.05) is 28.0 Å². The highest BCUT2D eigenvalue weighted by molar-refractivity contribution is 7.10. The molecule has 5 nitrogen and oxygen atoms in total. The van der Waals surface area contributed by atoms with E-state index in [0.29, 0.717) is 5.69 Å². The van der Waals surface area contributed by atoms with Crippen molar-refractivity contribution in [1.29, 1.82) is 0 Å². The van der Waals surface area contributed by atoms with Crippen molar-refractivity contribution in [2.45, 2.75) is 13.0 Å². The van der Waals surface area contributed by atoms with Gasteiger partial charge in [0.05, 0.1) is 17.4 Å². The molecule has 26 heavy (non-hydrogen) atoms. The highest BCUT2D eigenvalue weighted by atomic mass is 32.1. The predicted octanol–water partition coefficient (Wildman–Crippen LogP) is 5.54. The molecule has 0 radical (unpaired) electrons. The standard InChI is InChI=1S/C20H17N3O2S/c1-13(19-22-17(12-26-19)14-7-3-2-4-8-14)23(20(24)25)18-11-21-16-10-6-5-9-15(16)18/h2-13,21H,1H3,(H,24,25). The molecule has 2 heterocycles. The average molecular weight is 363 g/mol. The Labute approximate surface area is 154 Å². The molecule has 2 aromatic carbocycles. The minimum Gasteiger partial charge on any atom is -0.465 e. The number of hydrogen-bond donors (Lipinski definition) is 2. The van der Waals surface area contributed by atoms with Crippen LogP contribution in [0.1, 0.15) is 18.0 Å². The zero-order valence-electron chi connectivity index (χ0n) is 14.1. The molecular weight excluding hydrogens is 346 g/mol. The first-order valence-corrected chi connectivity index (χ1v) is 9.12. The molecule has 4 rings (SSSR count). The van der Waals surface area contributed by atoms with Crippen molar-refractivity contribution in [2.24, 2.45) is 0 Å². The summed E-state index contributed by atoms with van der Waals surface area (Å²) in [7, 11) is 0. The molecule has 0 aliphatic rings. The molecule has 1 atom stereocenters. The van der Waals surface area contributed by atoms with Gasteiger partial charge in [-0.3, -0.25) is 4.90 Å². The maximum absolute atomic E-state index is 12.0. The molecule has 0 saturated carbocycles. The monoisotopic (exact) mass is 363 g/mol. The van der Waals surface area contributed by atoms with Gasteiger partial charge in [0.25, 0.3) is 0 Å². The van der Waals surface area contributed by atoms with Gasteiger partial charge in [-0.1, -0.05) is 48.5 Å². The van der Waals surface area contributed by atoms with Gasteiger partial charge in [-0.15, -0.1) is 11.3 Å². The maximum atomic E-state index is 12.0. The van der Waals surface area contributed by atoms with E-state index in [0.717, 1.165) is 27.2 Å². The SMILES string of the molecule is CC(c1nc(-c2ccccc2)cs1)N(C(=O)O)c1c[nH]c2ccccc12. The lowest BCUT2D eigenvalue weighted by Crippen LogP contribution is -2.31. The molecule has 2 aromatic heterocycles. The third kappa shape index (κ3) is 2.84. The number of para-hydroxylation sites is 1. The number of benzene rings is 2. The second kappa shape index (κ2) is 6.65. The van der Waals surface area contributed by atoms with Crippen LogP contribution in [0.5, 0.6) is 0 Å². The number of thiazole rings is 1. The van der Waals surface area contributed by atoms with Crippen LogP contribution in [0, 0.1) is 0 Å². The van der Waals surface area contributed by atoms with Crippen molar-refractivity contribution in [3.8, 4) is 11.3 Å². The zero-order valence-corrected chi connectivity index (χ0v) is 14.9. The third-order valence-corrected chi connectivity index (χ3v) is 5.38. The summed E-state index contributed by atoms with van der Waals surface area (Å²) < 4.78 is 0. The van der Waals surface area contributed by atoms with Gasteiger partial charge in [-0.05, 0) is 13.0 Å². The molecule has 0 bridgehead atoms.